The maximum Gasteiger partial charge on any atom is 0.243 e. The van der Waals surface area contributed by atoms with Crippen molar-refractivity contribution in [3.63, 3.8) is 0 Å². The van der Waals surface area contributed by atoms with Crippen LogP contribution in [0.4, 0.5) is 5.69 Å². The second kappa shape index (κ2) is 6.40. The summed E-state index contributed by atoms with van der Waals surface area (Å²) in [6.45, 7) is 4.11. The van der Waals surface area contributed by atoms with Gasteiger partial charge in [0.1, 0.15) is 5.75 Å². The van der Waals surface area contributed by atoms with Crippen molar-refractivity contribution in [3.05, 3.63) is 24.3 Å². The molecule has 0 saturated carbocycles. The highest BCUT2D eigenvalue weighted by molar-refractivity contribution is 5.96. The van der Waals surface area contributed by atoms with Crippen LogP contribution in [0.2, 0.25) is 0 Å². The van der Waals surface area contributed by atoms with Crippen LogP contribution in [-0.4, -0.2) is 26.1 Å². The maximum absolute atomic E-state index is 12.1. The molecule has 0 spiro atoms. The molecule has 0 aliphatic carbocycles. The fourth-order valence-electron chi connectivity index (χ4n) is 1.79. The summed E-state index contributed by atoms with van der Waals surface area (Å²) in [7, 11) is 3.35. The fourth-order valence-corrected chi connectivity index (χ4v) is 1.79. The van der Waals surface area contributed by atoms with Crippen LogP contribution in [0.1, 0.15) is 20.3 Å². The molecule has 0 heterocycles. The lowest BCUT2D eigenvalue weighted by Crippen LogP contribution is -2.42. The van der Waals surface area contributed by atoms with Gasteiger partial charge in [0.05, 0.1) is 13.2 Å². The molecule has 2 N–H and O–H groups in total. The van der Waals surface area contributed by atoms with E-state index in [-0.39, 0.29) is 5.91 Å². The first kappa shape index (κ1) is 14.5. The smallest absolute Gasteiger partial charge is 0.243 e. The van der Waals surface area contributed by atoms with E-state index in [1.54, 1.807) is 19.1 Å². The predicted octanol–water partition coefficient (Wildman–Crippen LogP) is 2.03. The second-order valence-corrected chi connectivity index (χ2v) is 4.83. The SMILES string of the molecule is COc1ccc(N(C)C(=O)[C@H](N)CC(C)C)cc1. The summed E-state index contributed by atoms with van der Waals surface area (Å²) in [5.74, 6) is 1.12. The van der Waals surface area contributed by atoms with Gasteiger partial charge in [-0.2, -0.15) is 0 Å². The van der Waals surface area contributed by atoms with Crippen LogP contribution in [0.3, 0.4) is 0 Å². The number of carbonyl (C=O) groups is 1. The van der Waals surface area contributed by atoms with Crippen LogP contribution < -0.4 is 15.4 Å². The first-order valence-corrected chi connectivity index (χ1v) is 6.13. The first-order chi connectivity index (χ1) is 8.45. The summed E-state index contributed by atoms with van der Waals surface area (Å²) in [5.41, 5.74) is 6.72. The fraction of sp³-hybridized carbons (Fsp3) is 0.500. The van der Waals surface area contributed by atoms with Gasteiger partial charge in [0.25, 0.3) is 0 Å². The Morgan fingerprint density at radius 2 is 1.89 bits per heavy atom. The molecule has 4 nitrogen and oxygen atoms in total. The van der Waals surface area contributed by atoms with Gasteiger partial charge in [0.2, 0.25) is 5.91 Å². The number of amides is 1. The Hall–Kier alpha value is -1.55. The Morgan fingerprint density at radius 3 is 2.33 bits per heavy atom. The quantitative estimate of drug-likeness (QED) is 0.870. The highest BCUT2D eigenvalue weighted by Gasteiger charge is 2.20. The first-order valence-electron chi connectivity index (χ1n) is 6.13. The molecule has 0 aliphatic rings. The average Bonchev–Trinajstić information content (AvgIpc) is 2.36. The minimum Gasteiger partial charge on any atom is -0.497 e. The van der Waals surface area contributed by atoms with E-state index in [2.05, 4.69) is 13.8 Å². The van der Waals surface area contributed by atoms with Crippen molar-refractivity contribution < 1.29 is 9.53 Å². The molecule has 0 radical (unpaired) electrons. The largest absolute Gasteiger partial charge is 0.497 e. The number of anilines is 1. The number of rotatable bonds is 5. The summed E-state index contributed by atoms with van der Waals surface area (Å²) in [6, 6.07) is 6.90. The van der Waals surface area contributed by atoms with Gasteiger partial charge >= 0.3 is 0 Å². The third-order valence-electron chi connectivity index (χ3n) is 2.83. The summed E-state index contributed by atoms with van der Waals surface area (Å²) in [6.07, 6.45) is 0.694. The van der Waals surface area contributed by atoms with Crippen molar-refractivity contribution in [1.29, 1.82) is 0 Å². The van der Waals surface area contributed by atoms with E-state index >= 15 is 0 Å². The summed E-state index contributed by atoms with van der Waals surface area (Å²) < 4.78 is 5.08. The molecule has 0 fully saturated rings. The van der Waals surface area contributed by atoms with E-state index in [1.165, 1.54) is 0 Å². The van der Waals surface area contributed by atoms with Crippen LogP contribution in [0.15, 0.2) is 24.3 Å². The molecule has 1 aromatic rings. The predicted molar refractivity (Wildman–Crippen MR) is 73.8 cm³/mol. The molecule has 0 unspecified atom stereocenters. The maximum atomic E-state index is 12.1. The van der Waals surface area contributed by atoms with Crippen LogP contribution >= 0.6 is 0 Å². The zero-order chi connectivity index (χ0) is 13.7. The van der Waals surface area contributed by atoms with Gasteiger partial charge < -0.3 is 15.4 Å². The highest BCUT2D eigenvalue weighted by Crippen LogP contribution is 2.19. The number of methoxy groups -OCH3 is 1. The van der Waals surface area contributed by atoms with Crippen molar-refractivity contribution >= 4 is 11.6 Å². The monoisotopic (exact) mass is 250 g/mol. The third-order valence-corrected chi connectivity index (χ3v) is 2.83. The molecule has 1 rings (SSSR count). The van der Waals surface area contributed by atoms with Crippen molar-refractivity contribution in [3.8, 4) is 5.75 Å². The Kier molecular flexibility index (Phi) is 5.16. The number of nitrogens with two attached hydrogens (primary N) is 1. The highest BCUT2D eigenvalue weighted by atomic mass is 16.5. The summed E-state index contributed by atoms with van der Waals surface area (Å²) >= 11 is 0. The molecule has 0 bridgehead atoms. The normalized spacial score (nSPS) is 12.3. The zero-order valence-electron chi connectivity index (χ0n) is 11.5. The van der Waals surface area contributed by atoms with Gasteiger partial charge in [0.15, 0.2) is 0 Å². The standard InChI is InChI=1S/C14H22N2O2/c1-10(2)9-13(15)14(17)16(3)11-5-7-12(18-4)8-6-11/h5-8,10,13H,9,15H2,1-4H3/t13-/m1/s1. The average molecular weight is 250 g/mol. The number of hydrogen-bond donors (Lipinski definition) is 1. The molecular weight excluding hydrogens is 228 g/mol. The van der Waals surface area contributed by atoms with E-state index in [0.717, 1.165) is 11.4 Å². The van der Waals surface area contributed by atoms with Gasteiger partial charge in [0, 0.05) is 12.7 Å². The van der Waals surface area contributed by atoms with Crippen molar-refractivity contribution in [2.24, 2.45) is 11.7 Å². The molecule has 1 aromatic carbocycles. The van der Waals surface area contributed by atoms with Gasteiger partial charge in [-0.05, 0) is 36.6 Å². The molecule has 18 heavy (non-hydrogen) atoms. The van der Waals surface area contributed by atoms with Crippen molar-refractivity contribution in [2.75, 3.05) is 19.1 Å². The lowest BCUT2D eigenvalue weighted by atomic mass is 10.0. The van der Waals surface area contributed by atoms with E-state index in [9.17, 15) is 4.79 Å². The second-order valence-electron chi connectivity index (χ2n) is 4.83. The molecule has 100 valence electrons. The van der Waals surface area contributed by atoms with Crippen LogP contribution in [-0.2, 0) is 4.79 Å². The van der Waals surface area contributed by atoms with Gasteiger partial charge in [-0.15, -0.1) is 0 Å². The van der Waals surface area contributed by atoms with Gasteiger partial charge in [-0.3, -0.25) is 4.79 Å². The zero-order valence-corrected chi connectivity index (χ0v) is 11.5. The Morgan fingerprint density at radius 1 is 1.33 bits per heavy atom. The molecule has 0 aromatic heterocycles. The molecule has 1 atom stereocenters. The van der Waals surface area contributed by atoms with Crippen LogP contribution in [0.5, 0.6) is 5.75 Å². The van der Waals surface area contributed by atoms with E-state index in [0.29, 0.717) is 12.3 Å². The molecule has 0 saturated heterocycles. The number of nitrogens with zero attached hydrogens (tertiary/aromatic N) is 1. The van der Waals surface area contributed by atoms with E-state index < -0.39 is 6.04 Å². The Labute approximate surface area is 109 Å². The van der Waals surface area contributed by atoms with Crippen LogP contribution in [0.25, 0.3) is 0 Å². The Bertz CT molecular complexity index is 387. The van der Waals surface area contributed by atoms with Gasteiger partial charge in [-0.1, -0.05) is 13.8 Å². The van der Waals surface area contributed by atoms with Crippen LogP contribution in [0, 0.1) is 5.92 Å². The third kappa shape index (κ3) is 3.74. The number of hydrogen-bond acceptors (Lipinski definition) is 3. The van der Waals surface area contributed by atoms with Crippen molar-refractivity contribution in [2.45, 2.75) is 26.3 Å². The lowest BCUT2D eigenvalue weighted by Gasteiger charge is -2.22. The summed E-state index contributed by atoms with van der Waals surface area (Å²) in [4.78, 5) is 13.7. The van der Waals surface area contributed by atoms with E-state index in [4.69, 9.17) is 10.5 Å². The molecule has 1 amide bonds. The molecule has 4 heteroatoms. The van der Waals surface area contributed by atoms with Gasteiger partial charge in [-0.25, -0.2) is 0 Å². The molecular formula is C14H22N2O2. The topological polar surface area (TPSA) is 55.6 Å². The number of likely N-dealkylation sites (N-methyl/N-ethyl adjacent to an activating group) is 1. The number of carbonyl (C=O) groups excluding carboxylic acids is 1. The summed E-state index contributed by atoms with van der Waals surface area (Å²) in [5, 5.41) is 0. The minimum absolute atomic E-state index is 0.0612. The van der Waals surface area contributed by atoms with E-state index in [1.807, 2.05) is 24.3 Å². The van der Waals surface area contributed by atoms with Crippen molar-refractivity contribution in [1.82, 2.24) is 0 Å². The Balaban J connectivity index is 2.73. The minimum atomic E-state index is -0.447. The number of ether oxygens (including phenoxy) is 1. The lowest BCUT2D eigenvalue weighted by molar-refractivity contribution is -0.119. The molecule has 0 aliphatic heterocycles. The number of benzene rings is 1.